The Morgan fingerprint density at radius 3 is 2.62 bits per heavy atom. The molecule has 2 rings (SSSR count). The van der Waals surface area contributed by atoms with Crippen LogP contribution in [0.25, 0.3) is 0 Å². The Morgan fingerprint density at radius 1 is 1.38 bits per heavy atom. The largest absolute Gasteiger partial charge is 0.496 e. The molecule has 1 aliphatic rings. The molecule has 0 saturated heterocycles. The van der Waals surface area contributed by atoms with E-state index >= 15 is 0 Å². The van der Waals surface area contributed by atoms with Gasteiger partial charge in [-0.15, -0.1) is 0 Å². The molecule has 0 amide bonds. The van der Waals surface area contributed by atoms with Gasteiger partial charge in [-0.25, -0.2) is 0 Å². The number of hydrogen-bond donors (Lipinski definition) is 2. The van der Waals surface area contributed by atoms with Crippen molar-refractivity contribution in [1.82, 2.24) is 0 Å². The van der Waals surface area contributed by atoms with Crippen LogP contribution in [0.3, 0.4) is 0 Å². The van der Waals surface area contributed by atoms with Gasteiger partial charge in [-0.05, 0) is 31.7 Å². The van der Waals surface area contributed by atoms with Gasteiger partial charge in [-0.2, -0.15) is 0 Å². The average molecular weight is 220 g/mol. The summed E-state index contributed by atoms with van der Waals surface area (Å²) >= 11 is 0. The Kier molecular flexibility index (Phi) is 3.17. The molecule has 0 bridgehead atoms. The second kappa shape index (κ2) is 4.44. The summed E-state index contributed by atoms with van der Waals surface area (Å²) in [6, 6.07) is 6.54. The zero-order chi connectivity index (χ0) is 11.7. The molecule has 4 N–H and O–H groups in total. The molecule has 16 heavy (non-hydrogen) atoms. The zero-order valence-electron chi connectivity index (χ0n) is 9.94. The minimum Gasteiger partial charge on any atom is -0.496 e. The van der Waals surface area contributed by atoms with Gasteiger partial charge in [0.05, 0.1) is 7.11 Å². The first kappa shape index (κ1) is 11.4. The Hall–Kier alpha value is -1.06. The quantitative estimate of drug-likeness (QED) is 0.815. The molecule has 1 aromatic rings. The topological polar surface area (TPSA) is 61.3 Å². The number of benzene rings is 1. The van der Waals surface area contributed by atoms with Crippen molar-refractivity contribution in [2.24, 2.45) is 17.4 Å². The van der Waals surface area contributed by atoms with Crippen LogP contribution in [0, 0.1) is 12.8 Å². The van der Waals surface area contributed by atoms with E-state index < -0.39 is 0 Å². The highest BCUT2D eigenvalue weighted by Gasteiger charge is 2.32. The highest BCUT2D eigenvalue weighted by Crippen LogP contribution is 2.38. The lowest BCUT2D eigenvalue weighted by atomic mass is 9.74. The Bertz CT molecular complexity index is 372. The highest BCUT2D eigenvalue weighted by molar-refractivity contribution is 5.39. The van der Waals surface area contributed by atoms with Crippen molar-refractivity contribution < 1.29 is 4.74 Å². The van der Waals surface area contributed by atoms with Gasteiger partial charge in [-0.1, -0.05) is 17.7 Å². The first-order valence-electron chi connectivity index (χ1n) is 5.77. The summed E-state index contributed by atoms with van der Waals surface area (Å²) in [6.45, 7) is 2.07. The SMILES string of the molecule is COc1ccc(C)cc1C(N)C1CC(N)C1. The van der Waals surface area contributed by atoms with Crippen molar-refractivity contribution in [2.45, 2.75) is 31.8 Å². The molecule has 1 saturated carbocycles. The van der Waals surface area contributed by atoms with Crippen molar-refractivity contribution in [3.05, 3.63) is 29.3 Å². The molecule has 1 fully saturated rings. The standard InChI is InChI=1S/C13H20N2O/c1-8-3-4-12(16-2)11(5-8)13(15)9-6-10(14)7-9/h3-5,9-10,13H,6-7,14-15H2,1-2H3. The van der Waals surface area contributed by atoms with Crippen LogP contribution in [-0.4, -0.2) is 13.2 Å². The normalized spacial score (nSPS) is 26.0. The molecule has 0 radical (unpaired) electrons. The Morgan fingerprint density at radius 2 is 2.06 bits per heavy atom. The first-order chi connectivity index (χ1) is 7.61. The predicted molar refractivity (Wildman–Crippen MR) is 65.4 cm³/mol. The van der Waals surface area contributed by atoms with Crippen molar-refractivity contribution >= 4 is 0 Å². The lowest BCUT2D eigenvalue weighted by Crippen LogP contribution is -2.41. The van der Waals surface area contributed by atoms with Crippen LogP contribution in [0.4, 0.5) is 0 Å². The summed E-state index contributed by atoms with van der Waals surface area (Å²) in [6.07, 6.45) is 2.05. The Balaban J connectivity index is 2.21. The van der Waals surface area contributed by atoms with Crippen LogP contribution in [-0.2, 0) is 0 Å². The highest BCUT2D eigenvalue weighted by atomic mass is 16.5. The summed E-state index contributed by atoms with van der Waals surface area (Å²) in [5.41, 5.74) is 14.4. The molecule has 88 valence electrons. The molecular weight excluding hydrogens is 200 g/mol. The summed E-state index contributed by atoms with van der Waals surface area (Å²) in [5.74, 6) is 1.39. The maximum Gasteiger partial charge on any atom is 0.123 e. The predicted octanol–water partition coefficient (Wildman–Crippen LogP) is 1.74. The second-order valence-electron chi connectivity index (χ2n) is 4.76. The number of aryl methyl sites for hydroxylation is 1. The first-order valence-corrected chi connectivity index (χ1v) is 5.77. The zero-order valence-corrected chi connectivity index (χ0v) is 9.94. The molecule has 3 heteroatoms. The third-order valence-electron chi connectivity index (χ3n) is 3.46. The van der Waals surface area contributed by atoms with Crippen molar-refractivity contribution in [3.8, 4) is 5.75 Å². The molecule has 0 heterocycles. The smallest absolute Gasteiger partial charge is 0.123 e. The third kappa shape index (κ3) is 2.06. The molecule has 0 spiro atoms. The van der Waals surface area contributed by atoms with Gasteiger partial charge in [0.1, 0.15) is 5.75 Å². The van der Waals surface area contributed by atoms with Gasteiger partial charge in [0.15, 0.2) is 0 Å². The van der Waals surface area contributed by atoms with Crippen LogP contribution < -0.4 is 16.2 Å². The maximum atomic E-state index is 6.27. The van der Waals surface area contributed by atoms with Gasteiger partial charge in [0.2, 0.25) is 0 Å². The molecule has 1 aliphatic carbocycles. The van der Waals surface area contributed by atoms with Crippen LogP contribution in [0.1, 0.15) is 30.0 Å². The molecule has 3 nitrogen and oxygen atoms in total. The van der Waals surface area contributed by atoms with Crippen LogP contribution in [0.5, 0.6) is 5.75 Å². The van der Waals surface area contributed by atoms with Gasteiger partial charge in [-0.3, -0.25) is 0 Å². The number of ether oxygens (including phenoxy) is 1. The van der Waals surface area contributed by atoms with Crippen LogP contribution in [0.2, 0.25) is 0 Å². The summed E-state index contributed by atoms with van der Waals surface area (Å²) in [5, 5.41) is 0. The van der Waals surface area contributed by atoms with Crippen LogP contribution in [0.15, 0.2) is 18.2 Å². The molecule has 1 atom stereocenters. The fraction of sp³-hybridized carbons (Fsp3) is 0.538. The van der Waals surface area contributed by atoms with E-state index in [1.165, 1.54) is 5.56 Å². The van der Waals surface area contributed by atoms with Crippen molar-refractivity contribution in [3.63, 3.8) is 0 Å². The molecule has 0 aliphatic heterocycles. The van der Waals surface area contributed by atoms with E-state index in [4.69, 9.17) is 16.2 Å². The monoisotopic (exact) mass is 220 g/mol. The van der Waals surface area contributed by atoms with E-state index in [9.17, 15) is 0 Å². The van der Waals surface area contributed by atoms with Crippen molar-refractivity contribution in [2.75, 3.05) is 7.11 Å². The van der Waals surface area contributed by atoms with E-state index in [0.29, 0.717) is 12.0 Å². The number of rotatable bonds is 3. The number of hydrogen-bond acceptors (Lipinski definition) is 3. The lowest BCUT2D eigenvalue weighted by Gasteiger charge is -2.37. The third-order valence-corrected chi connectivity index (χ3v) is 3.46. The fourth-order valence-electron chi connectivity index (χ4n) is 2.37. The Labute approximate surface area is 96.8 Å². The average Bonchev–Trinajstić information content (AvgIpc) is 2.24. The molecule has 0 aromatic heterocycles. The molecule has 1 unspecified atom stereocenters. The summed E-state index contributed by atoms with van der Waals surface area (Å²) < 4.78 is 5.36. The minimum atomic E-state index is 0.0506. The van der Waals surface area contributed by atoms with Crippen molar-refractivity contribution in [1.29, 1.82) is 0 Å². The minimum absolute atomic E-state index is 0.0506. The van der Waals surface area contributed by atoms with E-state index in [0.717, 1.165) is 24.2 Å². The number of methoxy groups -OCH3 is 1. The van der Waals surface area contributed by atoms with E-state index in [1.807, 2.05) is 12.1 Å². The van der Waals surface area contributed by atoms with Gasteiger partial charge in [0.25, 0.3) is 0 Å². The number of nitrogens with two attached hydrogens (primary N) is 2. The van der Waals surface area contributed by atoms with E-state index in [1.54, 1.807) is 7.11 Å². The molecule has 1 aromatic carbocycles. The second-order valence-corrected chi connectivity index (χ2v) is 4.76. The molecular formula is C13H20N2O. The summed E-state index contributed by atoms with van der Waals surface area (Å²) in [4.78, 5) is 0. The van der Waals surface area contributed by atoms with E-state index in [-0.39, 0.29) is 6.04 Å². The van der Waals surface area contributed by atoms with Crippen LogP contribution >= 0.6 is 0 Å². The maximum absolute atomic E-state index is 6.27. The van der Waals surface area contributed by atoms with Gasteiger partial charge < -0.3 is 16.2 Å². The summed E-state index contributed by atoms with van der Waals surface area (Å²) in [7, 11) is 1.69. The fourth-order valence-corrected chi connectivity index (χ4v) is 2.37. The van der Waals surface area contributed by atoms with Gasteiger partial charge in [0, 0.05) is 17.6 Å². The van der Waals surface area contributed by atoms with E-state index in [2.05, 4.69) is 13.0 Å². The lowest BCUT2D eigenvalue weighted by molar-refractivity contribution is 0.221. The van der Waals surface area contributed by atoms with Gasteiger partial charge >= 0.3 is 0 Å².